The van der Waals surface area contributed by atoms with E-state index in [1.165, 1.54) is 5.56 Å². The van der Waals surface area contributed by atoms with E-state index < -0.39 is 0 Å². The van der Waals surface area contributed by atoms with E-state index in [2.05, 4.69) is 27.5 Å². The number of hydrogen-bond acceptors (Lipinski definition) is 3. The summed E-state index contributed by atoms with van der Waals surface area (Å²) in [5, 5.41) is 5.05. The van der Waals surface area contributed by atoms with Crippen molar-refractivity contribution in [2.45, 2.75) is 32.2 Å². The Labute approximate surface area is 181 Å². The Morgan fingerprint density at radius 3 is 2.68 bits per heavy atom. The molecule has 0 bridgehead atoms. The van der Waals surface area contributed by atoms with Crippen LogP contribution in [-0.4, -0.2) is 26.4 Å². The second-order valence-electron chi connectivity index (χ2n) is 7.68. The SMILES string of the molecule is [C-]#[N+]c1ccc(-c2c3c(nn2-c2ccccc2OC)C[C@@H](n2ccnc2CC)C3)cc1. The van der Waals surface area contributed by atoms with Crippen LogP contribution in [0.2, 0.25) is 0 Å². The van der Waals surface area contributed by atoms with Crippen molar-refractivity contribution in [1.82, 2.24) is 19.3 Å². The van der Waals surface area contributed by atoms with Gasteiger partial charge in [-0.3, -0.25) is 0 Å². The van der Waals surface area contributed by atoms with Gasteiger partial charge in [0.15, 0.2) is 5.69 Å². The molecule has 1 aliphatic rings. The lowest BCUT2D eigenvalue weighted by atomic mass is 10.0. The molecule has 0 saturated carbocycles. The third-order valence-electron chi connectivity index (χ3n) is 5.98. The maximum absolute atomic E-state index is 7.27. The molecule has 6 nitrogen and oxygen atoms in total. The first-order valence-corrected chi connectivity index (χ1v) is 10.5. The number of hydrogen-bond donors (Lipinski definition) is 0. The van der Waals surface area contributed by atoms with Gasteiger partial charge in [0.1, 0.15) is 17.3 Å². The normalized spacial score (nSPS) is 14.9. The fourth-order valence-electron chi connectivity index (χ4n) is 4.52. The maximum atomic E-state index is 7.27. The van der Waals surface area contributed by atoms with E-state index in [4.69, 9.17) is 16.4 Å². The van der Waals surface area contributed by atoms with Crippen molar-refractivity contribution >= 4 is 5.69 Å². The zero-order chi connectivity index (χ0) is 21.4. The number of benzene rings is 2. The number of nitrogens with zero attached hydrogens (tertiary/aromatic N) is 5. The number of aryl methyl sites for hydroxylation is 1. The van der Waals surface area contributed by atoms with Crippen molar-refractivity contribution in [3.05, 3.63) is 89.4 Å². The summed E-state index contributed by atoms with van der Waals surface area (Å²) >= 11 is 0. The minimum absolute atomic E-state index is 0.323. The van der Waals surface area contributed by atoms with E-state index in [0.29, 0.717) is 11.7 Å². The zero-order valence-corrected chi connectivity index (χ0v) is 17.6. The van der Waals surface area contributed by atoms with Gasteiger partial charge in [0, 0.05) is 36.8 Å². The lowest BCUT2D eigenvalue weighted by molar-refractivity contribution is 0.411. The number of ether oxygens (including phenoxy) is 1. The lowest BCUT2D eigenvalue weighted by Gasteiger charge is -2.17. The van der Waals surface area contributed by atoms with Crippen molar-refractivity contribution in [2.75, 3.05) is 7.11 Å². The van der Waals surface area contributed by atoms with E-state index in [1.54, 1.807) is 7.11 Å². The Kier molecular flexibility index (Phi) is 4.79. The smallest absolute Gasteiger partial charge is 0.187 e. The molecule has 5 rings (SSSR count). The molecule has 0 spiro atoms. The van der Waals surface area contributed by atoms with Gasteiger partial charge in [-0.15, -0.1) is 0 Å². The minimum Gasteiger partial charge on any atom is -0.494 e. The van der Waals surface area contributed by atoms with E-state index in [0.717, 1.165) is 53.5 Å². The molecular formula is C25H23N5O. The van der Waals surface area contributed by atoms with Crippen LogP contribution in [0.1, 0.15) is 30.0 Å². The number of aromatic nitrogens is 4. The quantitative estimate of drug-likeness (QED) is 0.426. The predicted molar refractivity (Wildman–Crippen MR) is 120 cm³/mol. The van der Waals surface area contributed by atoms with Crippen molar-refractivity contribution in [3.8, 4) is 22.7 Å². The molecule has 0 N–H and O–H groups in total. The van der Waals surface area contributed by atoms with Crippen molar-refractivity contribution in [3.63, 3.8) is 0 Å². The Hall–Kier alpha value is -3.85. The largest absolute Gasteiger partial charge is 0.494 e. The molecule has 6 heteroatoms. The Morgan fingerprint density at radius 1 is 1.13 bits per heavy atom. The number of para-hydroxylation sites is 2. The standard InChI is InChI=1S/C25H23N5O/c1-4-24-27-13-14-29(24)19-15-20-21(16-19)28-30(22-7-5-6-8-23(22)31-3)25(20)17-9-11-18(26-2)12-10-17/h5-14,19H,4,15-16H2,1,3H3/t19-/m0/s1. The Bertz CT molecular complexity index is 1280. The van der Waals surface area contributed by atoms with Gasteiger partial charge in [-0.25, -0.2) is 14.5 Å². The predicted octanol–water partition coefficient (Wildman–Crippen LogP) is 5.20. The summed E-state index contributed by atoms with van der Waals surface area (Å²) in [7, 11) is 1.68. The highest BCUT2D eigenvalue weighted by Crippen LogP contribution is 2.40. The van der Waals surface area contributed by atoms with Crippen LogP contribution in [0.3, 0.4) is 0 Å². The van der Waals surface area contributed by atoms with Gasteiger partial charge < -0.3 is 9.30 Å². The monoisotopic (exact) mass is 409 g/mol. The summed E-state index contributed by atoms with van der Waals surface area (Å²) in [5.41, 5.74) is 6.02. The van der Waals surface area contributed by atoms with Gasteiger partial charge in [-0.1, -0.05) is 43.3 Å². The molecule has 0 radical (unpaired) electrons. The number of fused-ring (bicyclic) bond motifs is 1. The molecule has 2 heterocycles. The molecular weight excluding hydrogens is 386 g/mol. The Morgan fingerprint density at radius 2 is 1.94 bits per heavy atom. The van der Waals surface area contributed by atoms with Crippen LogP contribution in [0.15, 0.2) is 60.9 Å². The topological polar surface area (TPSA) is 49.2 Å². The fraction of sp³-hybridized carbons (Fsp3) is 0.240. The van der Waals surface area contributed by atoms with E-state index in [9.17, 15) is 0 Å². The van der Waals surface area contributed by atoms with Crippen molar-refractivity contribution < 1.29 is 4.74 Å². The van der Waals surface area contributed by atoms with E-state index >= 15 is 0 Å². The van der Waals surface area contributed by atoms with Crippen LogP contribution < -0.4 is 4.74 Å². The molecule has 4 aromatic rings. The summed E-state index contributed by atoms with van der Waals surface area (Å²) in [6.07, 6.45) is 6.64. The van der Waals surface area contributed by atoms with Crippen LogP contribution in [0.4, 0.5) is 5.69 Å². The Balaban J connectivity index is 1.65. The third kappa shape index (κ3) is 3.19. The van der Waals surface area contributed by atoms with Crippen LogP contribution in [0.25, 0.3) is 21.8 Å². The second-order valence-corrected chi connectivity index (χ2v) is 7.68. The molecule has 1 atom stereocenters. The highest BCUT2D eigenvalue weighted by Gasteiger charge is 2.32. The van der Waals surface area contributed by atoms with Gasteiger partial charge in [0.05, 0.1) is 25.1 Å². The molecule has 0 aliphatic heterocycles. The summed E-state index contributed by atoms with van der Waals surface area (Å²) in [6.45, 7) is 9.41. The summed E-state index contributed by atoms with van der Waals surface area (Å²) in [6, 6.07) is 16.0. The molecule has 2 aromatic carbocycles. The molecule has 0 saturated heterocycles. The lowest BCUT2D eigenvalue weighted by Crippen LogP contribution is -2.13. The maximum Gasteiger partial charge on any atom is 0.187 e. The first-order valence-electron chi connectivity index (χ1n) is 10.5. The summed E-state index contributed by atoms with van der Waals surface area (Å²) in [4.78, 5) is 8.04. The first kappa shape index (κ1) is 19.1. The zero-order valence-electron chi connectivity index (χ0n) is 17.6. The van der Waals surface area contributed by atoms with Crippen LogP contribution >= 0.6 is 0 Å². The third-order valence-corrected chi connectivity index (χ3v) is 5.98. The summed E-state index contributed by atoms with van der Waals surface area (Å²) < 4.78 is 9.92. The average Bonchev–Trinajstić information content (AvgIpc) is 3.52. The highest BCUT2D eigenvalue weighted by molar-refractivity contribution is 5.71. The van der Waals surface area contributed by atoms with Crippen LogP contribution in [0, 0.1) is 6.57 Å². The highest BCUT2D eigenvalue weighted by atomic mass is 16.5. The molecule has 31 heavy (non-hydrogen) atoms. The molecule has 1 aliphatic carbocycles. The molecule has 154 valence electrons. The summed E-state index contributed by atoms with van der Waals surface area (Å²) in [5.74, 6) is 1.89. The van der Waals surface area contributed by atoms with Gasteiger partial charge in [0.25, 0.3) is 0 Å². The van der Waals surface area contributed by atoms with Gasteiger partial charge in [-0.05, 0) is 24.1 Å². The molecule has 2 aromatic heterocycles. The van der Waals surface area contributed by atoms with Crippen molar-refractivity contribution in [2.24, 2.45) is 0 Å². The van der Waals surface area contributed by atoms with Gasteiger partial charge >= 0.3 is 0 Å². The van der Waals surface area contributed by atoms with Gasteiger partial charge in [-0.2, -0.15) is 5.10 Å². The van der Waals surface area contributed by atoms with Crippen LogP contribution in [0.5, 0.6) is 5.75 Å². The number of rotatable bonds is 5. The molecule has 0 amide bonds. The number of methoxy groups -OCH3 is 1. The molecule has 0 fully saturated rings. The van der Waals surface area contributed by atoms with E-state index in [-0.39, 0.29) is 0 Å². The fourth-order valence-corrected chi connectivity index (χ4v) is 4.52. The number of imidazole rings is 1. The second kappa shape index (κ2) is 7.77. The van der Waals surface area contributed by atoms with Gasteiger partial charge in [0.2, 0.25) is 0 Å². The van der Waals surface area contributed by atoms with Crippen molar-refractivity contribution in [1.29, 1.82) is 0 Å². The minimum atomic E-state index is 0.323. The first-order chi connectivity index (χ1) is 15.2. The molecule has 0 unspecified atom stereocenters. The average molecular weight is 409 g/mol. The van der Waals surface area contributed by atoms with E-state index in [1.807, 2.05) is 59.4 Å². The van der Waals surface area contributed by atoms with Crippen LogP contribution in [-0.2, 0) is 19.3 Å².